The number of carbonyl (C=O) groups excluding carboxylic acids is 3. The summed E-state index contributed by atoms with van der Waals surface area (Å²) in [6.45, 7) is 2.35. The number of benzene rings is 2. The van der Waals surface area contributed by atoms with Crippen LogP contribution >= 0.6 is 11.6 Å². The predicted molar refractivity (Wildman–Crippen MR) is 111 cm³/mol. The van der Waals surface area contributed by atoms with Crippen molar-refractivity contribution in [2.45, 2.75) is 19.4 Å². The van der Waals surface area contributed by atoms with Crippen molar-refractivity contribution in [1.82, 2.24) is 4.90 Å². The number of anilines is 2. The van der Waals surface area contributed by atoms with E-state index in [2.05, 4.69) is 5.32 Å². The van der Waals surface area contributed by atoms with E-state index in [4.69, 9.17) is 16.3 Å². The Morgan fingerprint density at radius 2 is 1.90 bits per heavy atom. The van der Waals surface area contributed by atoms with E-state index in [9.17, 15) is 14.4 Å². The van der Waals surface area contributed by atoms with Crippen molar-refractivity contribution in [3.8, 4) is 0 Å². The molecular weight excluding hydrogens is 394 g/mol. The first-order chi connectivity index (χ1) is 13.9. The van der Waals surface area contributed by atoms with Crippen LogP contribution in [0.1, 0.15) is 12.0 Å². The largest absolute Gasteiger partial charge is 0.383 e. The summed E-state index contributed by atoms with van der Waals surface area (Å²) in [6.07, 6.45) is -0.154. The minimum atomic E-state index is -0.898. The number of urea groups is 1. The number of imide groups is 1. The second-order valence-electron chi connectivity index (χ2n) is 6.76. The molecule has 0 aliphatic carbocycles. The second kappa shape index (κ2) is 9.07. The van der Waals surface area contributed by atoms with Crippen LogP contribution in [0, 0.1) is 6.92 Å². The monoisotopic (exact) mass is 415 g/mol. The summed E-state index contributed by atoms with van der Waals surface area (Å²) in [6, 6.07) is 12.4. The van der Waals surface area contributed by atoms with Gasteiger partial charge < -0.3 is 15.0 Å². The standard InChI is InChI=1S/C21H22ClN3O4/c1-14-4-3-5-17(12-14)25-20(27)18(24(21(25)28)10-11-29-2)13-19(26)23-16-8-6-15(22)7-9-16/h3-9,12,18H,10-11,13H2,1-2H3,(H,23,26). The normalized spacial score (nSPS) is 16.4. The molecule has 0 saturated carbocycles. The molecule has 1 saturated heterocycles. The molecule has 152 valence electrons. The number of nitrogens with one attached hydrogen (secondary N) is 1. The molecule has 4 amide bonds. The molecule has 1 unspecified atom stereocenters. The molecule has 2 aromatic carbocycles. The average Bonchev–Trinajstić information content (AvgIpc) is 2.91. The third kappa shape index (κ3) is 4.75. The molecule has 8 heteroatoms. The molecule has 1 fully saturated rings. The van der Waals surface area contributed by atoms with Gasteiger partial charge >= 0.3 is 6.03 Å². The van der Waals surface area contributed by atoms with Crippen molar-refractivity contribution < 1.29 is 19.1 Å². The maximum atomic E-state index is 13.1. The van der Waals surface area contributed by atoms with Gasteiger partial charge in [0.05, 0.1) is 18.7 Å². The van der Waals surface area contributed by atoms with Crippen LogP contribution in [0.25, 0.3) is 0 Å². The molecule has 1 aliphatic rings. The van der Waals surface area contributed by atoms with Gasteiger partial charge in [-0.1, -0.05) is 23.7 Å². The van der Waals surface area contributed by atoms with Gasteiger partial charge in [-0.05, 0) is 48.9 Å². The first-order valence-corrected chi connectivity index (χ1v) is 9.54. The molecule has 1 atom stereocenters. The second-order valence-corrected chi connectivity index (χ2v) is 7.19. The van der Waals surface area contributed by atoms with Gasteiger partial charge in [0, 0.05) is 24.4 Å². The molecule has 3 rings (SSSR count). The van der Waals surface area contributed by atoms with Crippen molar-refractivity contribution in [3.63, 3.8) is 0 Å². The van der Waals surface area contributed by atoms with Crippen LogP contribution in [0.3, 0.4) is 0 Å². The van der Waals surface area contributed by atoms with Crippen LogP contribution < -0.4 is 10.2 Å². The minimum absolute atomic E-state index is 0.154. The van der Waals surface area contributed by atoms with Crippen LogP contribution in [0.4, 0.5) is 16.2 Å². The Kier molecular flexibility index (Phi) is 6.51. The van der Waals surface area contributed by atoms with E-state index in [1.165, 1.54) is 12.0 Å². The van der Waals surface area contributed by atoms with Crippen molar-refractivity contribution >= 4 is 40.8 Å². The summed E-state index contributed by atoms with van der Waals surface area (Å²) in [7, 11) is 1.52. The summed E-state index contributed by atoms with van der Waals surface area (Å²) in [4.78, 5) is 41.1. The molecule has 1 heterocycles. The van der Waals surface area contributed by atoms with Crippen molar-refractivity contribution in [2.75, 3.05) is 30.5 Å². The zero-order valence-electron chi connectivity index (χ0n) is 16.2. The van der Waals surface area contributed by atoms with E-state index in [0.29, 0.717) is 16.4 Å². The fourth-order valence-electron chi connectivity index (χ4n) is 3.20. The number of hydrogen-bond acceptors (Lipinski definition) is 4. The zero-order chi connectivity index (χ0) is 21.0. The average molecular weight is 416 g/mol. The Labute approximate surface area is 174 Å². The quantitative estimate of drug-likeness (QED) is 0.702. The maximum Gasteiger partial charge on any atom is 0.332 e. The van der Waals surface area contributed by atoms with E-state index >= 15 is 0 Å². The Morgan fingerprint density at radius 1 is 1.17 bits per heavy atom. The first kappa shape index (κ1) is 20.8. The van der Waals surface area contributed by atoms with Gasteiger partial charge in [0.1, 0.15) is 6.04 Å². The Bertz CT molecular complexity index is 916. The van der Waals surface area contributed by atoms with Crippen LogP contribution in [0.5, 0.6) is 0 Å². The van der Waals surface area contributed by atoms with Crippen LogP contribution in [-0.2, 0) is 14.3 Å². The maximum absolute atomic E-state index is 13.1. The van der Waals surface area contributed by atoms with E-state index in [-0.39, 0.29) is 25.5 Å². The molecular formula is C21H22ClN3O4. The van der Waals surface area contributed by atoms with Crippen molar-refractivity contribution in [1.29, 1.82) is 0 Å². The molecule has 1 aliphatic heterocycles. The molecule has 0 aromatic heterocycles. The highest BCUT2D eigenvalue weighted by Crippen LogP contribution is 2.27. The Balaban J connectivity index is 1.80. The van der Waals surface area contributed by atoms with Crippen LogP contribution in [-0.4, -0.2) is 49.0 Å². The summed E-state index contributed by atoms with van der Waals surface area (Å²) < 4.78 is 5.07. The van der Waals surface area contributed by atoms with Gasteiger partial charge in [-0.3, -0.25) is 9.59 Å². The van der Waals surface area contributed by atoms with E-state index in [1.807, 2.05) is 13.0 Å². The zero-order valence-corrected chi connectivity index (χ0v) is 17.0. The smallest absolute Gasteiger partial charge is 0.332 e. The Morgan fingerprint density at radius 3 is 2.55 bits per heavy atom. The molecule has 1 N–H and O–H groups in total. The van der Waals surface area contributed by atoms with Crippen LogP contribution in [0.2, 0.25) is 5.02 Å². The topological polar surface area (TPSA) is 79.0 Å². The summed E-state index contributed by atoms with van der Waals surface area (Å²) in [5.74, 6) is -0.796. The number of hydrogen-bond donors (Lipinski definition) is 1. The Hall–Kier alpha value is -2.90. The lowest BCUT2D eigenvalue weighted by Crippen LogP contribution is -2.39. The fraction of sp³-hybridized carbons (Fsp3) is 0.286. The number of ether oxygens (including phenoxy) is 1. The third-order valence-electron chi connectivity index (χ3n) is 4.62. The summed E-state index contributed by atoms with van der Waals surface area (Å²) >= 11 is 5.85. The predicted octanol–water partition coefficient (Wildman–Crippen LogP) is 3.46. The summed E-state index contributed by atoms with van der Waals surface area (Å²) in [5.41, 5.74) is 1.98. The SMILES string of the molecule is COCCN1C(=O)N(c2cccc(C)c2)C(=O)C1CC(=O)Nc1ccc(Cl)cc1. The van der Waals surface area contributed by atoms with Gasteiger partial charge in [0.2, 0.25) is 5.91 Å². The number of nitrogens with zero attached hydrogens (tertiary/aromatic N) is 2. The number of methoxy groups -OCH3 is 1. The fourth-order valence-corrected chi connectivity index (χ4v) is 3.33. The highest BCUT2D eigenvalue weighted by molar-refractivity contribution is 6.30. The molecule has 29 heavy (non-hydrogen) atoms. The highest BCUT2D eigenvalue weighted by Gasteiger charge is 2.46. The highest BCUT2D eigenvalue weighted by atomic mass is 35.5. The number of carbonyl (C=O) groups is 3. The summed E-state index contributed by atoms with van der Waals surface area (Å²) in [5, 5.41) is 3.29. The third-order valence-corrected chi connectivity index (χ3v) is 4.87. The molecule has 2 aromatic rings. The number of rotatable bonds is 7. The lowest BCUT2D eigenvalue weighted by Gasteiger charge is -2.21. The van der Waals surface area contributed by atoms with Gasteiger partial charge in [-0.2, -0.15) is 0 Å². The van der Waals surface area contributed by atoms with Crippen LogP contribution in [0.15, 0.2) is 48.5 Å². The number of aryl methyl sites for hydroxylation is 1. The van der Waals surface area contributed by atoms with E-state index < -0.39 is 18.0 Å². The van der Waals surface area contributed by atoms with Gasteiger partial charge in [-0.25, -0.2) is 9.69 Å². The van der Waals surface area contributed by atoms with Crippen molar-refractivity contribution in [2.24, 2.45) is 0 Å². The molecule has 0 bridgehead atoms. The lowest BCUT2D eigenvalue weighted by atomic mass is 10.1. The molecule has 0 radical (unpaired) electrons. The van der Waals surface area contributed by atoms with Gasteiger partial charge in [0.15, 0.2) is 0 Å². The van der Waals surface area contributed by atoms with Gasteiger partial charge in [-0.15, -0.1) is 0 Å². The van der Waals surface area contributed by atoms with E-state index in [0.717, 1.165) is 10.5 Å². The molecule has 7 nitrogen and oxygen atoms in total. The van der Waals surface area contributed by atoms with Gasteiger partial charge in [0.25, 0.3) is 5.91 Å². The van der Waals surface area contributed by atoms with Crippen molar-refractivity contribution in [3.05, 3.63) is 59.1 Å². The molecule has 0 spiro atoms. The van der Waals surface area contributed by atoms with E-state index in [1.54, 1.807) is 42.5 Å². The number of amides is 4. The number of halogens is 1. The minimum Gasteiger partial charge on any atom is -0.383 e. The lowest BCUT2D eigenvalue weighted by molar-refractivity contribution is -0.124. The first-order valence-electron chi connectivity index (χ1n) is 9.16.